The van der Waals surface area contributed by atoms with E-state index < -0.39 is 11.2 Å². The maximum Gasteiger partial charge on any atom is 0.410 e. The zero-order chi connectivity index (χ0) is 15.8. The van der Waals surface area contributed by atoms with Gasteiger partial charge in [-0.2, -0.15) is 0 Å². The summed E-state index contributed by atoms with van der Waals surface area (Å²) in [6.07, 6.45) is 1.87. The molecule has 6 heteroatoms. The van der Waals surface area contributed by atoms with Crippen LogP contribution in [-0.2, 0) is 19.8 Å². The van der Waals surface area contributed by atoms with Gasteiger partial charge in [0.25, 0.3) is 0 Å². The van der Waals surface area contributed by atoms with Crippen molar-refractivity contribution in [2.75, 3.05) is 19.9 Å². The molecule has 2 fully saturated rings. The highest BCUT2D eigenvalue weighted by Crippen LogP contribution is 2.41. The lowest BCUT2D eigenvalue weighted by Crippen LogP contribution is -2.54. The predicted molar refractivity (Wildman–Crippen MR) is 79.2 cm³/mol. The molecule has 0 bridgehead atoms. The fraction of sp³-hybridized carbons (Fsp3) is 0.625. The molecular formula is C16H22N2O4. The molecule has 0 spiro atoms. The van der Waals surface area contributed by atoms with E-state index in [1.165, 1.54) is 0 Å². The minimum absolute atomic E-state index is 0.219. The van der Waals surface area contributed by atoms with E-state index in [1.807, 2.05) is 39.0 Å². The highest BCUT2D eigenvalue weighted by atomic mass is 16.7. The van der Waals surface area contributed by atoms with Gasteiger partial charge in [-0.1, -0.05) is 6.07 Å². The average Bonchev–Trinajstić information content (AvgIpc) is 2.90. The third-order valence-electron chi connectivity index (χ3n) is 4.00. The SMILES string of the molecule is CC(C)(C)OC(=O)N1CCC2(c3ccccn3)OCOC2C1. The van der Waals surface area contributed by atoms with Crippen LogP contribution in [0.4, 0.5) is 4.79 Å². The summed E-state index contributed by atoms with van der Waals surface area (Å²) in [5, 5.41) is 0. The second kappa shape index (κ2) is 5.52. The number of amides is 1. The molecule has 0 saturated carbocycles. The Hall–Kier alpha value is -1.66. The molecule has 3 rings (SSSR count). The van der Waals surface area contributed by atoms with E-state index in [9.17, 15) is 4.79 Å². The Balaban J connectivity index is 1.76. The van der Waals surface area contributed by atoms with Gasteiger partial charge in [0.1, 0.15) is 24.1 Å². The first-order valence-electron chi connectivity index (χ1n) is 7.56. The molecule has 0 aromatic carbocycles. The van der Waals surface area contributed by atoms with Gasteiger partial charge < -0.3 is 19.1 Å². The minimum atomic E-state index is -0.556. The lowest BCUT2D eigenvalue weighted by Gasteiger charge is -2.41. The van der Waals surface area contributed by atoms with Crippen molar-refractivity contribution in [1.29, 1.82) is 0 Å². The number of nitrogens with zero attached hydrogens (tertiary/aromatic N) is 2. The average molecular weight is 306 g/mol. The number of piperidine rings is 1. The maximum absolute atomic E-state index is 12.2. The molecule has 22 heavy (non-hydrogen) atoms. The third kappa shape index (κ3) is 2.80. The second-order valence-electron chi connectivity index (χ2n) is 6.70. The third-order valence-corrected chi connectivity index (χ3v) is 4.00. The summed E-state index contributed by atoms with van der Waals surface area (Å²) in [7, 11) is 0. The van der Waals surface area contributed by atoms with Crippen LogP contribution in [0, 0.1) is 0 Å². The molecule has 3 heterocycles. The second-order valence-corrected chi connectivity index (χ2v) is 6.70. The lowest BCUT2D eigenvalue weighted by atomic mass is 9.85. The number of aromatic nitrogens is 1. The quantitative estimate of drug-likeness (QED) is 0.796. The van der Waals surface area contributed by atoms with Crippen molar-refractivity contribution < 1.29 is 19.0 Å². The Kier molecular flexibility index (Phi) is 3.82. The zero-order valence-electron chi connectivity index (χ0n) is 13.2. The van der Waals surface area contributed by atoms with Crippen LogP contribution in [0.3, 0.4) is 0 Å². The molecule has 120 valence electrons. The first-order chi connectivity index (χ1) is 10.4. The molecule has 2 saturated heterocycles. The number of carbonyl (C=O) groups is 1. The molecule has 1 aromatic heterocycles. The van der Waals surface area contributed by atoms with Gasteiger partial charge in [-0.25, -0.2) is 4.79 Å². The molecule has 0 aliphatic carbocycles. The minimum Gasteiger partial charge on any atom is -0.444 e. The molecule has 2 atom stereocenters. The Morgan fingerprint density at radius 3 is 2.95 bits per heavy atom. The van der Waals surface area contributed by atoms with Gasteiger partial charge in [0.15, 0.2) is 0 Å². The van der Waals surface area contributed by atoms with E-state index in [4.69, 9.17) is 14.2 Å². The molecule has 1 aromatic rings. The first-order valence-corrected chi connectivity index (χ1v) is 7.56. The number of hydrogen-bond donors (Lipinski definition) is 0. The Morgan fingerprint density at radius 1 is 1.45 bits per heavy atom. The summed E-state index contributed by atoms with van der Waals surface area (Å²) in [5.41, 5.74) is -0.194. The summed E-state index contributed by atoms with van der Waals surface area (Å²) in [6, 6.07) is 5.77. The van der Waals surface area contributed by atoms with Crippen LogP contribution >= 0.6 is 0 Å². The Morgan fingerprint density at radius 2 is 2.27 bits per heavy atom. The molecule has 1 amide bonds. The largest absolute Gasteiger partial charge is 0.444 e. The van der Waals surface area contributed by atoms with Gasteiger partial charge in [-0.05, 0) is 32.9 Å². The zero-order valence-corrected chi connectivity index (χ0v) is 13.2. The molecule has 6 nitrogen and oxygen atoms in total. The topological polar surface area (TPSA) is 60.9 Å². The van der Waals surface area contributed by atoms with E-state index in [2.05, 4.69) is 4.98 Å². The highest BCUT2D eigenvalue weighted by Gasteiger charge is 2.52. The van der Waals surface area contributed by atoms with Crippen LogP contribution in [0.5, 0.6) is 0 Å². The number of ether oxygens (including phenoxy) is 3. The van der Waals surface area contributed by atoms with Crippen LogP contribution < -0.4 is 0 Å². The number of pyridine rings is 1. The molecule has 0 radical (unpaired) electrons. The molecule has 2 aliphatic heterocycles. The lowest BCUT2D eigenvalue weighted by molar-refractivity contribution is -0.0563. The monoisotopic (exact) mass is 306 g/mol. The molecule has 2 unspecified atom stereocenters. The van der Waals surface area contributed by atoms with E-state index >= 15 is 0 Å². The number of hydrogen-bond acceptors (Lipinski definition) is 5. The summed E-state index contributed by atoms with van der Waals surface area (Å²) in [5.74, 6) is 0. The van der Waals surface area contributed by atoms with Gasteiger partial charge in [0.05, 0.1) is 12.2 Å². The summed E-state index contributed by atoms with van der Waals surface area (Å²) in [6.45, 7) is 6.83. The van der Waals surface area contributed by atoms with Crippen molar-refractivity contribution >= 4 is 6.09 Å². The van der Waals surface area contributed by atoms with E-state index in [-0.39, 0.29) is 19.0 Å². The number of carbonyl (C=O) groups excluding carboxylic acids is 1. The van der Waals surface area contributed by atoms with Crippen LogP contribution in [0.1, 0.15) is 32.9 Å². The summed E-state index contributed by atoms with van der Waals surface area (Å²) >= 11 is 0. The summed E-state index contributed by atoms with van der Waals surface area (Å²) < 4.78 is 17.0. The normalized spacial score (nSPS) is 28.3. The summed E-state index contributed by atoms with van der Waals surface area (Å²) in [4.78, 5) is 18.3. The van der Waals surface area contributed by atoms with Crippen LogP contribution in [-0.4, -0.2) is 47.6 Å². The number of likely N-dealkylation sites (tertiary alicyclic amines) is 1. The number of rotatable bonds is 1. The van der Waals surface area contributed by atoms with Gasteiger partial charge in [0, 0.05) is 19.2 Å². The fourth-order valence-corrected chi connectivity index (χ4v) is 2.95. The van der Waals surface area contributed by atoms with Crippen molar-refractivity contribution in [2.24, 2.45) is 0 Å². The van der Waals surface area contributed by atoms with E-state index in [0.29, 0.717) is 19.5 Å². The van der Waals surface area contributed by atoms with Gasteiger partial charge >= 0.3 is 6.09 Å². The number of fused-ring (bicyclic) bond motifs is 1. The van der Waals surface area contributed by atoms with Crippen molar-refractivity contribution in [2.45, 2.75) is 44.5 Å². The smallest absolute Gasteiger partial charge is 0.410 e. The molecular weight excluding hydrogens is 284 g/mol. The fourth-order valence-electron chi connectivity index (χ4n) is 2.95. The van der Waals surface area contributed by atoms with Gasteiger partial charge in [-0.15, -0.1) is 0 Å². The first kappa shape index (κ1) is 15.2. The highest BCUT2D eigenvalue weighted by molar-refractivity contribution is 5.68. The van der Waals surface area contributed by atoms with E-state index in [0.717, 1.165) is 5.69 Å². The maximum atomic E-state index is 12.2. The van der Waals surface area contributed by atoms with E-state index in [1.54, 1.807) is 11.1 Å². The van der Waals surface area contributed by atoms with Gasteiger partial charge in [0.2, 0.25) is 0 Å². The standard InChI is InChI=1S/C16H22N2O4/c1-15(2,3)22-14(19)18-9-7-16(12-6-4-5-8-17-12)13(10-18)20-11-21-16/h4-6,8,13H,7,9-11H2,1-3H3. The van der Waals surface area contributed by atoms with Crippen LogP contribution in [0.15, 0.2) is 24.4 Å². The molecule has 2 aliphatic rings. The Labute approximate surface area is 130 Å². The predicted octanol–water partition coefficient (Wildman–Crippen LogP) is 2.29. The molecule has 0 N–H and O–H groups in total. The van der Waals surface area contributed by atoms with Crippen molar-refractivity contribution in [3.8, 4) is 0 Å². The van der Waals surface area contributed by atoms with Crippen molar-refractivity contribution in [1.82, 2.24) is 9.88 Å². The van der Waals surface area contributed by atoms with Gasteiger partial charge in [-0.3, -0.25) is 4.98 Å². The van der Waals surface area contributed by atoms with Crippen molar-refractivity contribution in [3.63, 3.8) is 0 Å². The van der Waals surface area contributed by atoms with Crippen LogP contribution in [0.25, 0.3) is 0 Å². The Bertz CT molecular complexity index is 543. The van der Waals surface area contributed by atoms with Crippen molar-refractivity contribution in [3.05, 3.63) is 30.1 Å². The van der Waals surface area contributed by atoms with Crippen LogP contribution in [0.2, 0.25) is 0 Å².